The monoisotopic (exact) mass is 209 g/mol. The molecule has 1 saturated carbocycles. The van der Waals surface area contributed by atoms with Crippen LogP contribution in [0.25, 0.3) is 0 Å². The van der Waals surface area contributed by atoms with Gasteiger partial charge in [0, 0.05) is 11.6 Å². The van der Waals surface area contributed by atoms with Gasteiger partial charge in [0.25, 0.3) is 0 Å². The molecule has 1 atom stereocenters. The van der Waals surface area contributed by atoms with E-state index in [-0.39, 0.29) is 17.3 Å². The second-order valence-electron chi connectivity index (χ2n) is 4.52. The summed E-state index contributed by atoms with van der Waals surface area (Å²) in [5.74, 6) is 0.419. The average Bonchev–Trinajstić information content (AvgIpc) is 2.96. The van der Waals surface area contributed by atoms with E-state index in [2.05, 4.69) is 6.92 Å². The van der Waals surface area contributed by atoms with Gasteiger partial charge in [-0.1, -0.05) is 6.92 Å². The van der Waals surface area contributed by atoms with Crippen molar-refractivity contribution in [3.8, 4) is 5.75 Å². The quantitative estimate of drug-likeness (QED) is 0.830. The Morgan fingerprint density at radius 2 is 2.13 bits per heavy atom. The molecule has 1 aliphatic rings. The molecule has 0 bridgehead atoms. The van der Waals surface area contributed by atoms with Crippen LogP contribution in [-0.4, -0.2) is 7.11 Å². The number of halogens is 1. The predicted molar refractivity (Wildman–Crippen MR) is 57.2 cm³/mol. The fraction of sp³-hybridized carbons (Fsp3) is 0.500. The minimum Gasteiger partial charge on any atom is -0.496 e. The van der Waals surface area contributed by atoms with Gasteiger partial charge in [-0.25, -0.2) is 4.39 Å². The minimum absolute atomic E-state index is 0.126. The molecule has 0 heterocycles. The van der Waals surface area contributed by atoms with Crippen molar-refractivity contribution < 1.29 is 9.13 Å². The zero-order valence-electron chi connectivity index (χ0n) is 9.09. The minimum atomic E-state index is -0.259. The average molecular weight is 209 g/mol. The third-order valence-electron chi connectivity index (χ3n) is 3.32. The van der Waals surface area contributed by atoms with Gasteiger partial charge >= 0.3 is 0 Å². The lowest BCUT2D eigenvalue weighted by Crippen LogP contribution is -2.21. The van der Waals surface area contributed by atoms with Gasteiger partial charge < -0.3 is 10.5 Å². The molecule has 1 aromatic carbocycles. The van der Waals surface area contributed by atoms with E-state index in [1.165, 1.54) is 12.1 Å². The fourth-order valence-corrected chi connectivity index (χ4v) is 1.83. The second kappa shape index (κ2) is 3.49. The van der Waals surface area contributed by atoms with Crippen molar-refractivity contribution in [2.75, 3.05) is 7.11 Å². The summed E-state index contributed by atoms with van der Waals surface area (Å²) in [6.07, 6.45) is 2.21. The summed E-state index contributed by atoms with van der Waals surface area (Å²) >= 11 is 0. The Bertz CT molecular complexity index is 374. The van der Waals surface area contributed by atoms with Crippen molar-refractivity contribution >= 4 is 0 Å². The summed E-state index contributed by atoms with van der Waals surface area (Å²) in [6.45, 7) is 2.13. The van der Waals surface area contributed by atoms with Crippen LogP contribution >= 0.6 is 0 Å². The van der Waals surface area contributed by atoms with E-state index >= 15 is 0 Å². The summed E-state index contributed by atoms with van der Waals surface area (Å²) < 4.78 is 18.3. The fourth-order valence-electron chi connectivity index (χ4n) is 1.83. The van der Waals surface area contributed by atoms with Crippen LogP contribution in [0.1, 0.15) is 31.4 Å². The van der Waals surface area contributed by atoms with Crippen molar-refractivity contribution in [2.45, 2.75) is 25.8 Å². The Kier molecular flexibility index (Phi) is 2.43. The van der Waals surface area contributed by atoms with Crippen LogP contribution in [0, 0.1) is 11.2 Å². The lowest BCUT2D eigenvalue weighted by Gasteiger charge is -2.21. The summed E-state index contributed by atoms with van der Waals surface area (Å²) in [5.41, 5.74) is 7.03. The third kappa shape index (κ3) is 1.84. The molecule has 2 rings (SSSR count). The Labute approximate surface area is 89.2 Å². The van der Waals surface area contributed by atoms with Crippen LogP contribution in [-0.2, 0) is 0 Å². The Hall–Kier alpha value is -1.09. The van der Waals surface area contributed by atoms with E-state index in [0.717, 1.165) is 18.4 Å². The Morgan fingerprint density at radius 1 is 1.47 bits per heavy atom. The van der Waals surface area contributed by atoms with Crippen LogP contribution in [0.15, 0.2) is 18.2 Å². The van der Waals surface area contributed by atoms with Crippen LogP contribution in [0.3, 0.4) is 0 Å². The summed E-state index contributed by atoms with van der Waals surface area (Å²) in [6, 6.07) is 4.37. The lowest BCUT2D eigenvalue weighted by atomic mass is 9.92. The number of ether oxygens (including phenoxy) is 1. The van der Waals surface area contributed by atoms with Crippen LogP contribution < -0.4 is 10.5 Å². The SMILES string of the molecule is COc1ccc(F)cc1C(N)C1(C)CC1. The molecule has 1 fully saturated rings. The molecule has 2 nitrogen and oxygen atoms in total. The van der Waals surface area contributed by atoms with E-state index < -0.39 is 0 Å². The molecule has 1 unspecified atom stereocenters. The molecule has 82 valence electrons. The maximum Gasteiger partial charge on any atom is 0.123 e. The Balaban J connectivity index is 2.36. The van der Waals surface area contributed by atoms with Crippen molar-refractivity contribution in [1.29, 1.82) is 0 Å². The van der Waals surface area contributed by atoms with Crippen LogP contribution in [0.2, 0.25) is 0 Å². The molecule has 15 heavy (non-hydrogen) atoms. The maximum atomic E-state index is 13.1. The molecule has 3 heteroatoms. The van der Waals surface area contributed by atoms with Crippen LogP contribution in [0.5, 0.6) is 5.75 Å². The van der Waals surface area contributed by atoms with E-state index in [9.17, 15) is 4.39 Å². The van der Waals surface area contributed by atoms with Gasteiger partial charge in [0.2, 0.25) is 0 Å². The number of nitrogens with two attached hydrogens (primary N) is 1. The number of rotatable bonds is 3. The number of hydrogen-bond donors (Lipinski definition) is 1. The van der Waals surface area contributed by atoms with E-state index in [4.69, 9.17) is 10.5 Å². The van der Waals surface area contributed by atoms with Gasteiger partial charge in [0.1, 0.15) is 11.6 Å². The van der Waals surface area contributed by atoms with Crippen molar-refractivity contribution in [3.63, 3.8) is 0 Å². The maximum absolute atomic E-state index is 13.1. The number of benzene rings is 1. The van der Waals surface area contributed by atoms with Crippen molar-refractivity contribution in [2.24, 2.45) is 11.1 Å². The van der Waals surface area contributed by atoms with E-state index in [1.54, 1.807) is 13.2 Å². The van der Waals surface area contributed by atoms with E-state index in [0.29, 0.717) is 5.75 Å². The molecule has 0 saturated heterocycles. The molecule has 0 aliphatic heterocycles. The number of methoxy groups -OCH3 is 1. The van der Waals surface area contributed by atoms with Crippen molar-refractivity contribution in [3.05, 3.63) is 29.6 Å². The molecule has 1 aliphatic carbocycles. The summed E-state index contributed by atoms with van der Waals surface area (Å²) in [4.78, 5) is 0. The third-order valence-corrected chi connectivity index (χ3v) is 3.32. The zero-order chi connectivity index (χ0) is 11.1. The Morgan fingerprint density at radius 3 is 2.67 bits per heavy atom. The highest BCUT2D eigenvalue weighted by molar-refractivity contribution is 5.38. The lowest BCUT2D eigenvalue weighted by molar-refractivity contribution is 0.383. The smallest absolute Gasteiger partial charge is 0.123 e. The summed E-state index contributed by atoms with van der Waals surface area (Å²) in [5, 5.41) is 0. The molecular formula is C12H16FNO. The first-order chi connectivity index (χ1) is 7.07. The van der Waals surface area contributed by atoms with Gasteiger partial charge in [-0.15, -0.1) is 0 Å². The van der Waals surface area contributed by atoms with Gasteiger partial charge in [-0.05, 0) is 36.5 Å². The number of hydrogen-bond acceptors (Lipinski definition) is 2. The topological polar surface area (TPSA) is 35.2 Å². The van der Waals surface area contributed by atoms with Gasteiger partial charge in [0.15, 0.2) is 0 Å². The van der Waals surface area contributed by atoms with Crippen LogP contribution in [0.4, 0.5) is 4.39 Å². The first-order valence-corrected chi connectivity index (χ1v) is 5.16. The highest BCUT2D eigenvalue weighted by Gasteiger charge is 2.44. The first kappa shape index (κ1) is 10.4. The second-order valence-corrected chi connectivity index (χ2v) is 4.52. The molecule has 2 N–H and O–H groups in total. The molecular weight excluding hydrogens is 193 g/mol. The standard InChI is InChI=1S/C12H16FNO/c1-12(5-6-12)11(14)9-7-8(13)3-4-10(9)15-2/h3-4,7,11H,5-6,14H2,1-2H3. The van der Waals surface area contributed by atoms with Crippen molar-refractivity contribution in [1.82, 2.24) is 0 Å². The normalized spacial score (nSPS) is 19.7. The van der Waals surface area contributed by atoms with Gasteiger partial charge in [-0.3, -0.25) is 0 Å². The molecule has 0 aromatic heterocycles. The first-order valence-electron chi connectivity index (χ1n) is 5.16. The highest BCUT2D eigenvalue weighted by Crippen LogP contribution is 2.54. The molecule has 0 amide bonds. The molecule has 0 spiro atoms. The van der Waals surface area contributed by atoms with Gasteiger partial charge in [0.05, 0.1) is 7.11 Å². The predicted octanol–water partition coefficient (Wildman–Crippen LogP) is 2.63. The van der Waals surface area contributed by atoms with Gasteiger partial charge in [-0.2, -0.15) is 0 Å². The zero-order valence-corrected chi connectivity index (χ0v) is 9.09. The summed E-state index contributed by atoms with van der Waals surface area (Å²) in [7, 11) is 1.58. The highest BCUT2D eigenvalue weighted by atomic mass is 19.1. The molecule has 1 aromatic rings. The molecule has 0 radical (unpaired) electrons. The van der Waals surface area contributed by atoms with E-state index in [1.807, 2.05) is 0 Å². The largest absolute Gasteiger partial charge is 0.496 e.